The van der Waals surface area contributed by atoms with E-state index in [4.69, 9.17) is 9.47 Å². The number of anilines is 1. The van der Waals surface area contributed by atoms with Crippen LogP contribution in [-0.4, -0.2) is 23.5 Å². The highest BCUT2D eigenvalue weighted by molar-refractivity contribution is 6.35. The van der Waals surface area contributed by atoms with Crippen LogP contribution in [0.3, 0.4) is 0 Å². The first-order valence-electron chi connectivity index (χ1n) is 11.0. The summed E-state index contributed by atoms with van der Waals surface area (Å²) in [5, 5.41) is 20.1. The quantitative estimate of drug-likeness (QED) is 0.218. The molecule has 0 saturated carbocycles. The van der Waals surface area contributed by atoms with Crippen LogP contribution in [-0.2, 0) is 9.53 Å². The zero-order valence-electron chi connectivity index (χ0n) is 19.3. The van der Waals surface area contributed by atoms with Gasteiger partial charge in [-0.25, -0.2) is 4.79 Å². The van der Waals surface area contributed by atoms with Crippen LogP contribution in [0.1, 0.15) is 29.5 Å². The summed E-state index contributed by atoms with van der Waals surface area (Å²) >= 11 is 0. The Morgan fingerprint density at radius 2 is 1.89 bits per heavy atom. The summed E-state index contributed by atoms with van der Waals surface area (Å²) < 4.78 is 11.1. The smallest absolute Gasteiger partial charge is 0.375 e. The number of nitriles is 1. The molecule has 1 unspecified atom stereocenters. The average molecular weight is 469 g/mol. The third-order valence-corrected chi connectivity index (χ3v) is 5.35. The van der Waals surface area contributed by atoms with Gasteiger partial charge in [0.25, 0.3) is 0 Å². The number of benzene rings is 3. The summed E-state index contributed by atoms with van der Waals surface area (Å²) in [7, 11) is 0. The number of carbonyl (C=O) groups excluding carboxylic acids is 1. The summed E-state index contributed by atoms with van der Waals surface area (Å²) in [6, 6.07) is 23.8. The first-order valence-corrected chi connectivity index (χ1v) is 11.0. The molecular weight excluding hydrogens is 444 g/mol. The maximum Gasteiger partial charge on any atom is 0.375 e. The lowest BCUT2D eigenvalue weighted by atomic mass is 9.83. The predicted molar refractivity (Wildman–Crippen MR) is 132 cm³/mol. The lowest BCUT2D eigenvalue weighted by Crippen LogP contribution is -2.37. The number of fused-ring (bicyclic) bond motifs is 1. The molecule has 176 valence electrons. The number of phenols is 1. The molecule has 0 amide bonds. The molecule has 3 aromatic carbocycles. The zero-order chi connectivity index (χ0) is 24.8. The maximum absolute atomic E-state index is 12.7. The molecule has 3 N–H and O–H groups in total. The number of nitrogens with one attached hydrogen (secondary N) is 2. The van der Waals surface area contributed by atoms with Gasteiger partial charge in [-0.3, -0.25) is 10.9 Å². The minimum Gasteiger partial charge on any atom is -0.508 e. The van der Waals surface area contributed by atoms with Crippen molar-refractivity contribution in [3.63, 3.8) is 0 Å². The van der Waals surface area contributed by atoms with Gasteiger partial charge < -0.3 is 14.6 Å². The Balaban J connectivity index is 1.78. The Kier molecular flexibility index (Phi) is 6.98. The second-order valence-corrected chi connectivity index (χ2v) is 7.80. The molecular formula is C27H24N4O4. The van der Waals surface area contributed by atoms with Gasteiger partial charge in [0.05, 0.1) is 18.2 Å². The molecule has 0 aliphatic carbocycles. The number of aliphatic imine (C=N–C) groups is 1. The van der Waals surface area contributed by atoms with E-state index in [0.29, 0.717) is 17.0 Å². The summed E-state index contributed by atoms with van der Waals surface area (Å²) in [4.78, 5) is 17.0. The molecule has 0 fully saturated rings. The van der Waals surface area contributed by atoms with Crippen LogP contribution >= 0.6 is 0 Å². The Morgan fingerprint density at radius 1 is 1.14 bits per heavy atom. The molecule has 35 heavy (non-hydrogen) atoms. The van der Waals surface area contributed by atoms with E-state index < -0.39 is 11.9 Å². The van der Waals surface area contributed by atoms with E-state index in [1.165, 1.54) is 6.07 Å². The molecule has 1 aliphatic heterocycles. The van der Waals surface area contributed by atoms with Crippen LogP contribution in [0.25, 0.3) is 0 Å². The highest BCUT2D eigenvalue weighted by Crippen LogP contribution is 2.44. The van der Waals surface area contributed by atoms with Gasteiger partial charge in [-0.15, -0.1) is 0 Å². The molecule has 3 aromatic rings. The molecule has 4 rings (SSSR count). The normalized spacial score (nSPS) is 14.9. The lowest BCUT2D eigenvalue weighted by molar-refractivity contribution is -0.135. The molecule has 0 bridgehead atoms. The highest BCUT2D eigenvalue weighted by atomic mass is 16.5. The Labute approximate surface area is 203 Å². The number of ether oxygens (including phenoxy) is 2. The van der Waals surface area contributed by atoms with Gasteiger partial charge in [-0.05, 0) is 37.6 Å². The van der Waals surface area contributed by atoms with Crippen molar-refractivity contribution in [1.29, 1.82) is 5.26 Å². The number of phenolic OH excluding ortho intramolecular Hbond substituents is 1. The summed E-state index contributed by atoms with van der Waals surface area (Å²) in [5.74, 6) is -1.14. The molecule has 8 heteroatoms. The Bertz CT molecular complexity index is 1330. The molecule has 1 atom stereocenters. The van der Waals surface area contributed by atoms with Crippen LogP contribution < -0.4 is 15.6 Å². The zero-order valence-corrected chi connectivity index (χ0v) is 19.3. The predicted octanol–water partition coefficient (Wildman–Crippen LogP) is 4.54. The highest BCUT2D eigenvalue weighted by Gasteiger charge is 2.32. The van der Waals surface area contributed by atoms with Crippen molar-refractivity contribution in [2.24, 2.45) is 4.99 Å². The van der Waals surface area contributed by atoms with Crippen molar-refractivity contribution in [2.75, 3.05) is 12.0 Å². The molecule has 1 aliphatic rings. The van der Waals surface area contributed by atoms with E-state index in [9.17, 15) is 15.2 Å². The van der Waals surface area contributed by atoms with Gasteiger partial charge >= 0.3 is 5.97 Å². The van der Waals surface area contributed by atoms with Crippen LogP contribution in [0.15, 0.2) is 89.2 Å². The van der Waals surface area contributed by atoms with Gasteiger partial charge in [0.2, 0.25) is 11.7 Å². The Morgan fingerprint density at radius 3 is 2.57 bits per heavy atom. The summed E-state index contributed by atoms with van der Waals surface area (Å²) in [5.41, 5.74) is 9.24. The monoisotopic (exact) mass is 468 g/mol. The number of amidine groups is 1. The second-order valence-electron chi connectivity index (χ2n) is 7.80. The largest absolute Gasteiger partial charge is 0.508 e. The molecule has 0 aromatic heterocycles. The van der Waals surface area contributed by atoms with Crippen LogP contribution in [0.4, 0.5) is 5.69 Å². The fourth-order valence-electron chi connectivity index (χ4n) is 3.67. The molecule has 1 heterocycles. The SMILES string of the molecule is CCOC(=O)/C(=N\C1=C(C#N)C(c2ccccc2)c2ccc(O)cc2O1)NNc1ccc(C)cc1. The second kappa shape index (κ2) is 10.4. The fraction of sp³-hybridized carbons (Fsp3) is 0.148. The number of nitrogens with zero attached hydrogens (tertiary/aromatic N) is 2. The number of hydrogen-bond acceptors (Lipinski definition) is 7. The molecule has 0 saturated heterocycles. The van der Waals surface area contributed by atoms with E-state index in [1.54, 1.807) is 19.1 Å². The van der Waals surface area contributed by atoms with E-state index >= 15 is 0 Å². The first-order chi connectivity index (χ1) is 17.0. The Hall–Kier alpha value is -4.77. The number of aryl methyl sites for hydroxylation is 1. The van der Waals surface area contributed by atoms with Crippen molar-refractivity contribution in [2.45, 2.75) is 19.8 Å². The van der Waals surface area contributed by atoms with Crippen molar-refractivity contribution in [3.8, 4) is 17.6 Å². The number of carbonyl (C=O) groups is 1. The van der Waals surface area contributed by atoms with E-state index in [2.05, 4.69) is 21.9 Å². The van der Waals surface area contributed by atoms with Crippen LogP contribution in [0, 0.1) is 18.3 Å². The van der Waals surface area contributed by atoms with E-state index in [-0.39, 0.29) is 29.6 Å². The van der Waals surface area contributed by atoms with Crippen LogP contribution in [0.5, 0.6) is 11.5 Å². The molecule has 8 nitrogen and oxygen atoms in total. The van der Waals surface area contributed by atoms with Crippen LogP contribution in [0.2, 0.25) is 0 Å². The van der Waals surface area contributed by atoms with Crippen molar-refractivity contribution in [3.05, 3.63) is 101 Å². The van der Waals surface area contributed by atoms with Gasteiger partial charge in [-0.2, -0.15) is 10.3 Å². The molecule has 0 spiro atoms. The number of hydrazine groups is 1. The fourth-order valence-corrected chi connectivity index (χ4v) is 3.67. The summed E-state index contributed by atoms with van der Waals surface area (Å²) in [6.07, 6.45) is 0. The number of allylic oxidation sites excluding steroid dienone is 1. The standard InChI is InChI=1S/C27H24N4O4/c1-3-34-27(33)25(31-30-19-11-9-17(2)10-12-19)29-26-22(16-28)24(18-7-5-4-6-8-18)21-14-13-20(32)15-23(21)35-26/h4-15,24,30,32H,3H2,1-2H3,(H,29,31). The lowest BCUT2D eigenvalue weighted by Gasteiger charge is -2.26. The topological polar surface area (TPSA) is 116 Å². The third-order valence-electron chi connectivity index (χ3n) is 5.35. The minimum absolute atomic E-state index is 0.00378. The third kappa shape index (κ3) is 5.25. The van der Waals surface area contributed by atoms with Gasteiger partial charge in [0, 0.05) is 11.6 Å². The summed E-state index contributed by atoms with van der Waals surface area (Å²) in [6.45, 7) is 3.79. The van der Waals surface area contributed by atoms with E-state index in [1.807, 2.05) is 61.5 Å². The number of rotatable bonds is 5. The van der Waals surface area contributed by atoms with Gasteiger partial charge in [-0.1, -0.05) is 54.1 Å². The van der Waals surface area contributed by atoms with Crippen molar-refractivity contribution in [1.82, 2.24) is 5.43 Å². The maximum atomic E-state index is 12.7. The van der Waals surface area contributed by atoms with Gasteiger partial charge in [0.15, 0.2) is 0 Å². The number of esters is 1. The average Bonchev–Trinajstić information content (AvgIpc) is 2.87. The minimum atomic E-state index is -0.724. The van der Waals surface area contributed by atoms with Gasteiger partial charge in [0.1, 0.15) is 23.1 Å². The van der Waals surface area contributed by atoms with Crippen molar-refractivity contribution < 1.29 is 19.4 Å². The molecule has 0 radical (unpaired) electrons. The van der Waals surface area contributed by atoms with E-state index in [0.717, 1.165) is 11.1 Å². The number of aromatic hydroxyl groups is 1. The number of hydrogen-bond donors (Lipinski definition) is 3. The first kappa shape index (κ1) is 23.4. The van der Waals surface area contributed by atoms with Crippen molar-refractivity contribution >= 4 is 17.5 Å².